The van der Waals surface area contributed by atoms with Crippen LogP contribution in [0.4, 0.5) is 0 Å². The zero-order valence-electron chi connectivity index (χ0n) is 8.32. The third-order valence-electron chi connectivity index (χ3n) is 1.85. The third-order valence-corrected chi connectivity index (χ3v) is 1.85. The standard InChI is InChI=1S/C10H16O4/c1-2-3-4-5-8(10(13)14)6-7-9(11)12/h6H,2-5,7H2,1H3,(H,11,12)(H,13,14). The summed E-state index contributed by atoms with van der Waals surface area (Å²) in [6.45, 7) is 2.03. The molecule has 0 amide bonds. The molecule has 0 spiro atoms. The van der Waals surface area contributed by atoms with E-state index < -0.39 is 11.9 Å². The van der Waals surface area contributed by atoms with Crippen LogP contribution in [0.25, 0.3) is 0 Å². The van der Waals surface area contributed by atoms with E-state index in [1.54, 1.807) is 0 Å². The van der Waals surface area contributed by atoms with Crippen molar-refractivity contribution in [2.24, 2.45) is 0 Å². The van der Waals surface area contributed by atoms with Gasteiger partial charge >= 0.3 is 11.9 Å². The van der Waals surface area contributed by atoms with Crippen LogP contribution in [0.2, 0.25) is 0 Å². The van der Waals surface area contributed by atoms with Crippen LogP contribution in [0.1, 0.15) is 39.0 Å². The van der Waals surface area contributed by atoms with E-state index in [1.165, 1.54) is 6.08 Å². The second kappa shape index (κ2) is 7.12. The molecule has 0 aromatic rings. The molecule has 0 atom stereocenters. The Morgan fingerprint density at radius 3 is 2.29 bits per heavy atom. The summed E-state index contributed by atoms with van der Waals surface area (Å²) in [4.78, 5) is 20.9. The molecule has 0 aliphatic carbocycles. The van der Waals surface area contributed by atoms with Gasteiger partial charge in [-0.1, -0.05) is 25.8 Å². The number of carboxylic acids is 2. The van der Waals surface area contributed by atoms with Gasteiger partial charge in [0.15, 0.2) is 0 Å². The molecule has 0 unspecified atom stereocenters. The Morgan fingerprint density at radius 1 is 1.21 bits per heavy atom. The number of hydrogen-bond donors (Lipinski definition) is 2. The van der Waals surface area contributed by atoms with Crippen LogP contribution in [0, 0.1) is 0 Å². The van der Waals surface area contributed by atoms with E-state index in [9.17, 15) is 9.59 Å². The molecule has 14 heavy (non-hydrogen) atoms. The largest absolute Gasteiger partial charge is 0.481 e. The second-order valence-electron chi connectivity index (χ2n) is 3.09. The Morgan fingerprint density at radius 2 is 1.86 bits per heavy atom. The van der Waals surface area contributed by atoms with Gasteiger partial charge in [0.2, 0.25) is 0 Å². The fourth-order valence-electron chi connectivity index (χ4n) is 1.07. The number of carbonyl (C=O) groups is 2. The second-order valence-corrected chi connectivity index (χ2v) is 3.09. The van der Waals surface area contributed by atoms with Gasteiger partial charge in [0.25, 0.3) is 0 Å². The Balaban J connectivity index is 4.08. The monoisotopic (exact) mass is 200 g/mol. The molecule has 0 rings (SSSR count). The average molecular weight is 200 g/mol. The van der Waals surface area contributed by atoms with Crippen molar-refractivity contribution in [2.75, 3.05) is 0 Å². The zero-order chi connectivity index (χ0) is 11.0. The summed E-state index contributed by atoms with van der Waals surface area (Å²) >= 11 is 0. The van der Waals surface area contributed by atoms with Crippen molar-refractivity contribution in [3.63, 3.8) is 0 Å². The quantitative estimate of drug-likeness (QED) is 0.487. The maximum Gasteiger partial charge on any atom is 0.331 e. The first-order chi connectivity index (χ1) is 6.57. The van der Waals surface area contributed by atoms with Gasteiger partial charge in [-0.05, 0) is 12.8 Å². The molecule has 4 heteroatoms. The topological polar surface area (TPSA) is 74.6 Å². The van der Waals surface area contributed by atoms with Gasteiger partial charge in [-0.15, -0.1) is 0 Å². The van der Waals surface area contributed by atoms with Crippen molar-refractivity contribution in [2.45, 2.75) is 39.0 Å². The third kappa shape index (κ3) is 6.22. The predicted molar refractivity (Wildman–Crippen MR) is 52.1 cm³/mol. The van der Waals surface area contributed by atoms with Crippen LogP contribution in [-0.4, -0.2) is 22.2 Å². The van der Waals surface area contributed by atoms with Crippen LogP contribution in [0.3, 0.4) is 0 Å². The van der Waals surface area contributed by atoms with E-state index in [0.29, 0.717) is 6.42 Å². The lowest BCUT2D eigenvalue weighted by molar-refractivity contribution is -0.136. The highest BCUT2D eigenvalue weighted by molar-refractivity contribution is 5.87. The average Bonchev–Trinajstić information content (AvgIpc) is 2.10. The minimum Gasteiger partial charge on any atom is -0.481 e. The highest BCUT2D eigenvalue weighted by Crippen LogP contribution is 2.10. The van der Waals surface area contributed by atoms with Crippen LogP contribution in [0.15, 0.2) is 11.6 Å². The van der Waals surface area contributed by atoms with E-state index in [2.05, 4.69) is 0 Å². The van der Waals surface area contributed by atoms with Crippen LogP contribution in [0.5, 0.6) is 0 Å². The van der Waals surface area contributed by atoms with Gasteiger partial charge in [-0.25, -0.2) is 4.79 Å². The first kappa shape index (κ1) is 12.7. The smallest absolute Gasteiger partial charge is 0.331 e. The summed E-state index contributed by atoms with van der Waals surface area (Å²) in [6, 6.07) is 0. The molecule has 0 aromatic carbocycles. The Hall–Kier alpha value is -1.32. The fourth-order valence-corrected chi connectivity index (χ4v) is 1.07. The first-order valence-electron chi connectivity index (χ1n) is 4.72. The lowest BCUT2D eigenvalue weighted by Crippen LogP contribution is -2.02. The Labute approximate surface area is 83.2 Å². The minimum atomic E-state index is -1.01. The molecule has 0 fully saturated rings. The van der Waals surface area contributed by atoms with Crippen molar-refractivity contribution in [3.8, 4) is 0 Å². The molecule has 0 heterocycles. The van der Waals surface area contributed by atoms with E-state index in [0.717, 1.165) is 19.3 Å². The van der Waals surface area contributed by atoms with Gasteiger partial charge in [-0.3, -0.25) is 4.79 Å². The number of carboxylic acid groups (broad SMARTS) is 2. The lowest BCUT2D eigenvalue weighted by atomic mass is 10.1. The number of aliphatic carboxylic acids is 2. The molecule has 0 bridgehead atoms. The Kier molecular flexibility index (Phi) is 6.45. The van der Waals surface area contributed by atoms with Crippen LogP contribution < -0.4 is 0 Å². The summed E-state index contributed by atoms with van der Waals surface area (Å²) in [5, 5.41) is 17.1. The van der Waals surface area contributed by atoms with Gasteiger partial charge < -0.3 is 10.2 Å². The van der Waals surface area contributed by atoms with Crippen molar-refractivity contribution in [1.29, 1.82) is 0 Å². The molecule has 0 saturated carbocycles. The Bertz CT molecular complexity index is 230. The summed E-state index contributed by atoms with van der Waals surface area (Å²) in [7, 11) is 0. The highest BCUT2D eigenvalue weighted by Gasteiger charge is 2.07. The molecule has 4 nitrogen and oxygen atoms in total. The van der Waals surface area contributed by atoms with E-state index in [-0.39, 0.29) is 12.0 Å². The number of unbranched alkanes of at least 4 members (excludes halogenated alkanes) is 2. The molecular weight excluding hydrogens is 184 g/mol. The SMILES string of the molecule is CCCCCC(=CCC(=O)O)C(=O)O. The molecule has 80 valence electrons. The first-order valence-corrected chi connectivity index (χ1v) is 4.72. The van der Waals surface area contributed by atoms with Crippen LogP contribution >= 0.6 is 0 Å². The number of rotatable bonds is 7. The van der Waals surface area contributed by atoms with E-state index in [4.69, 9.17) is 10.2 Å². The zero-order valence-corrected chi connectivity index (χ0v) is 8.32. The minimum absolute atomic E-state index is 0.209. The van der Waals surface area contributed by atoms with Gasteiger partial charge in [0.05, 0.1) is 6.42 Å². The van der Waals surface area contributed by atoms with E-state index >= 15 is 0 Å². The molecule has 0 aliphatic heterocycles. The van der Waals surface area contributed by atoms with Crippen molar-refractivity contribution >= 4 is 11.9 Å². The van der Waals surface area contributed by atoms with Crippen LogP contribution in [-0.2, 0) is 9.59 Å². The van der Waals surface area contributed by atoms with Crippen molar-refractivity contribution in [1.82, 2.24) is 0 Å². The van der Waals surface area contributed by atoms with E-state index in [1.807, 2.05) is 6.92 Å². The maximum absolute atomic E-state index is 10.6. The molecule has 0 radical (unpaired) electrons. The lowest BCUT2D eigenvalue weighted by Gasteiger charge is -2.00. The summed E-state index contributed by atoms with van der Waals surface area (Å²) in [6.07, 6.45) is 4.31. The summed E-state index contributed by atoms with van der Waals surface area (Å²) in [5.41, 5.74) is 0.209. The van der Waals surface area contributed by atoms with Crippen molar-refractivity contribution < 1.29 is 19.8 Å². The number of hydrogen-bond acceptors (Lipinski definition) is 2. The predicted octanol–water partition coefficient (Wildman–Crippen LogP) is 2.05. The highest BCUT2D eigenvalue weighted by atomic mass is 16.4. The summed E-state index contributed by atoms with van der Waals surface area (Å²) < 4.78 is 0. The molecule has 2 N–H and O–H groups in total. The summed E-state index contributed by atoms with van der Waals surface area (Å²) in [5.74, 6) is -2.01. The molecule has 0 aromatic heterocycles. The normalized spacial score (nSPS) is 11.4. The maximum atomic E-state index is 10.6. The van der Waals surface area contributed by atoms with Gasteiger partial charge in [-0.2, -0.15) is 0 Å². The molecule has 0 aliphatic rings. The van der Waals surface area contributed by atoms with Gasteiger partial charge in [0, 0.05) is 5.57 Å². The molecule has 0 saturated heterocycles. The van der Waals surface area contributed by atoms with Gasteiger partial charge in [0.1, 0.15) is 0 Å². The fraction of sp³-hybridized carbons (Fsp3) is 0.600. The molecular formula is C10H16O4. The van der Waals surface area contributed by atoms with Crippen molar-refractivity contribution in [3.05, 3.63) is 11.6 Å².